The molecule has 0 spiro atoms. The molecule has 0 saturated heterocycles. The molecule has 1 heterocycles. The third-order valence-electron chi connectivity index (χ3n) is 3.28. The van der Waals surface area contributed by atoms with E-state index in [1.54, 1.807) is 11.3 Å². The van der Waals surface area contributed by atoms with Crippen LogP contribution >= 0.6 is 22.9 Å². The lowest BCUT2D eigenvalue weighted by Crippen LogP contribution is -2.23. The van der Waals surface area contributed by atoms with Crippen molar-refractivity contribution in [3.05, 3.63) is 50.9 Å². The molecule has 0 saturated carbocycles. The van der Waals surface area contributed by atoms with Crippen molar-refractivity contribution in [2.24, 2.45) is 0 Å². The van der Waals surface area contributed by atoms with E-state index in [9.17, 15) is 0 Å². The lowest BCUT2D eigenvalue weighted by atomic mass is 9.94. The third-order valence-corrected chi connectivity index (χ3v) is 4.36. The number of hydrogen-bond donors (Lipinski definition) is 1. The molecule has 0 aliphatic rings. The number of hydrogen-bond acceptors (Lipinski definition) is 3. The minimum atomic E-state index is 0.445. The topological polar surface area (TPSA) is 24.9 Å². The van der Waals surface area contributed by atoms with Crippen molar-refractivity contribution in [2.45, 2.75) is 32.6 Å². The van der Waals surface area contributed by atoms with Crippen LogP contribution in [0.5, 0.6) is 0 Å². The number of rotatable bonds is 7. The summed E-state index contributed by atoms with van der Waals surface area (Å²) in [6, 6.07) is 8.19. The Balaban J connectivity index is 2.09. The summed E-state index contributed by atoms with van der Waals surface area (Å²) in [5.41, 5.74) is 2.51. The molecule has 1 aromatic heterocycles. The number of aryl methyl sites for hydroxylation is 1. The first-order chi connectivity index (χ1) is 9.69. The van der Waals surface area contributed by atoms with Crippen molar-refractivity contribution in [3.8, 4) is 0 Å². The second kappa shape index (κ2) is 7.77. The minimum Gasteiger partial charge on any atom is -0.316 e. The summed E-state index contributed by atoms with van der Waals surface area (Å²) in [4.78, 5) is 4.59. The minimum absolute atomic E-state index is 0.445. The number of aromatic nitrogens is 1. The lowest BCUT2D eigenvalue weighted by Gasteiger charge is -2.17. The van der Waals surface area contributed by atoms with Gasteiger partial charge >= 0.3 is 0 Å². The first-order valence-corrected chi connectivity index (χ1v) is 8.32. The Labute approximate surface area is 130 Å². The Morgan fingerprint density at radius 3 is 2.65 bits per heavy atom. The van der Waals surface area contributed by atoms with Gasteiger partial charge in [-0.1, -0.05) is 30.7 Å². The highest BCUT2D eigenvalue weighted by Gasteiger charge is 2.13. The molecule has 0 amide bonds. The van der Waals surface area contributed by atoms with Crippen molar-refractivity contribution in [1.29, 1.82) is 0 Å². The van der Waals surface area contributed by atoms with Crippen LogP contribution < -0.4 is 5.32 Å². The van der Waals surface area contributed by atoms with Gasteiger partial charge in [-0.3, -0.25) is 0 Å². The van der Waals surface area contributed by atoms with Crippen LogP contribution in [0.15, 0.2) is 29.6 Å². The van der Waals surface area contributed by atoms with Crippen LogP contribution in [0.4, 0.5) is 0 Å². The second-order valence-corrected chi connectivity index (χ2v) is 6.51. The Hall–Kier alpha value is -0.900. The SMILES string of the molecule is CCCNCC(Cc1csc(C)n1)c1ccc(Cl)cc1. The molecule has 0 aliphatic heterocycles. The molecule has 20 heavy (non-hydrogen) atoms. The molecule has 0 radical (unpaired) electrons. The van der Waals surface area contributed by atoms with E-state index in [4.69, 9.17) is 11.6 Å². The van der Waals surface area contributed by atoms with Gasteiger partial charge in [-0.15, -0.1) is 11.3 Å². The summed E-state index contributed by atoms with van der Waals surface area (Å²) >= 11 is 7.70. The van der Waals surface area contributed by atoms with Crippen LogP contribution in [-0.2, 0) is 6.42 Å². The van der Waals surface area contributed by atoms with E-state index < -0.39 is 0 Å². The molecule has 1 aromatic carbocycles. The summed E-state index contributed by atoms with van der Waals surface area (Å²) in [7, 11) is 0. The zero-order valence-corrected chi connectivity index (χ0v) is 13.6. The first-order valence-electron chi connectivity index (χ1n) is 7.06. The van der Waals surface area contributed by atoms with Crippen LogP contribution in [0.25, 0.3) is 0 Å². The van der Waals surface area contributed by atoms with Gasteiger partial charge in [-0.2, -0.15) is 0 Å². The van der Waals surface area contributed by atoms with E-state index >= 15 is 0 Å². The number of benzene rings is 1. The van der Waals surface area contributed by atoms with Crippen LogP contribution in [0.1, 0.15) is 35.5 Å². The molecule has 2 nitrogen and oxygen atoms in total. The third kappa shape index (κ3) is 4.58. The fraction of sp³-hybridized carbons (Fsp3) is 0.438. The van der Waals surface area contributed by atoms with Gasteiger partial charge in [0.2, 0.25) is 0 Å². The fourth-order valence-electron chi connectivity index (χ4n) is 2.25. The summed E-state index contributed by atoms with van der Waals surface area (Å²) in [5.74, 6) is 0.445. The largest absolute Gasteiger partial charge is 0.316 e. The number of thiazole rings is 1. The molecule has 0 aliphatic carbocycles. The molecule has 108 valence electrons. The van der Waals surface area contributed by atoms with Gasteiger partial charge in [-0.05, 0) is 44.0 Å². The van der Waals surface area contributed by atoms with E-state index in [1.807, 2.05) is 12.1 Å². The lowest BCUT2D eigenvalue weighted by molar-refractivity contribution is 0.573. The number of nitrogens with one attached hydrogen (secondary N) is 1. The van der Waals surface area contributed by atoms with Crippen molar-refractivity contribution in [1.82, 2.24) is 10.3 Å². The average Bonchev–Trinajstić information content (AvgIpc) is 2.84. The highest BCUT2D eigenvalue weighted by molar-refractivity contribution is 7.09. The summed E-state index contributed by atoms with van der Waals surface area (Å²) in [6.07, 6.45) is 2.13. The summed E-state index contributed by atoms with van der Waals surface area (Å²) in [5, 5.41) is 7.61. The van der Waals surface area contributed by atoms with Crippen LogP contribution in [0, 0.1) is 6.92 Å². The summed E-state index contributed by atoms with van der Waals surface area (Å²) < 4.78 is 0. The van der Waals surface area contributed by atoms with Crippen LogP contribution in [-0.4, -0.2) is 18.1 Å². The fourth-order valence-corrected chi connectivity index (χ4v) is 3.00. The van der Waals surface area contributed by atoms with Crippen molar-refractivity contribution >= 4 is 22.9 Å². The monoisotopic (exact) mass is 308 g/mol. The molecule has 4 heteroatoms. The molecule has 2 aromatic rings. The van der Waals surface area contributed by atoms with Gasteiger partial charge in [0.15, 0.2) is 0 Å². The molecule has 1 atom stereocenters. The van der Waals surface area contributed by atoms with Gasteiger partial charge < -0.3 is 5.32 Å². The van der Waals surface area contributed by atoms with E-state index in [0.29, 0.717) is 5.92 Å². The average molecular weight is 309 g/mol. The summed E-state index contributed by atoms with van der Waals surface area (Å²) in [6.45, 7) is 6.28. The van der Waals surface area contributed by atoms with E-state index in [0.717, 1.165) is 36.0 Å². The molecule has 1 N–H and O–H groups in total. The molecular weight excluding hydrogens is 288 g/mol. The highest BCUT2D eigenvalue weighted by Crippen LogP contribution is 2.23. The zero-order chi connectivity index (χ0) is 14.4. The van der Waals surface area contributed by atoms with Crippen molar-refractivity contribution in [2.75, 3.05) is 13.1 Å². The number of nitrogens with zero attached hydrogens (tertiary/aromatic N) is 1. The molecule has 0 bridgehead atoms. The Morgan fingerprint density at radius 2 is 2.05 bits per heavy atom. The standard InChI is InChI=1S/C16H21ClN2S/c1-3-8-18-10-14(9-16-11-20-12(2)19-16)13-4-6-15(17)7-5-13/h4-7,11,14,18H,3,8-10H2,1-2H3. The van der Waals surface area contributed by atoms with Crippen molar-refractivity contribution in [3.63, 3.8) is 0 Å². The molecule has 2 rings (SSSR count). The van der Waals surface area contributed by atoms with Crippen molar-refractivity contribution < 1.29 is 0 Å². The van der Waals surface area contributed by atoms with Gasteiger partial charge in [0.05, 0.1) is 10.7 Å². The van der Waals surface area contributed by atoms with E-state index in [-0.39, 0.29) is 0 Å². The Morgan fingerprint density at radius 1 is 1.30 bits per heavy atom. The molecule has 0 fully saturated rings. The molecule has 1 unspecified atom stereocenters. The molecular formula is C16H21ClN2S. The van der Waals surface area contributed by atoms with E-state index in [2.05, 4.69) is 41.7 Å². The predicted molar refractivity (Wildman–Crippen MR) is 87.9 cm³/mol. The Bertz CT molecular complexity index is 522. The van der Waals surface area contributed by atoms with Gasteiger partial charge in [-0.25, -0.2) is 4.98 Å². The smallest absolute Gasteiger partial charge is 0.0897 e. The maximum Gasteiger partial charge on any atom is 0.0897 e. The second-order valence-electron chi connectivity index (χ2n) is 5.01. The first kappa shape index (κ1) is 15.5. The quantitative estimate of drug-likeness (QED) is 0.765. The normalized spacial score (nSPS) is 12.6. The van der Waals surface area contributed by atoms with Crippen LogP contribution in [0.3, 0.4) is 0 Å². The van der Waals surface area contributed by atoms with Crippen LogP contribution in [0.2, 0.25) is 5.02 Å². The van der Waals surface area contributed by atoms with Gasteiger partial charge in [0.25, 0.3) is 0 Å². The Kier molecular flexibility index (Phi) is 6.02. The van der Waals surface area contributed by atoms with E-state index in [1.165, 1.54) is 11.3 Å². The van der Waals surface area contributed by atoms with Gasteiger partial charge in [0, 0.05) is 22.9 Å². The number of halogens is 1. The van der Waals surface area contributed by atoms with Gasteiger partial charge in [0.1, 0.15) is 0 Å². The predicted octanol–water partition coefficient (Wildman–Crippen LogP) is 4.43. The maximum absolute atomic E-state index is 5.98. The highest BCUT2D eigenvalue weighted by atomic mass is 35.5. The maximum atomic E-state index is 5.98. The zero-order valence-electron chi connectivity index (χ0n) is 12.0.